The maximum absolute atomic E-state index is 10.7. The minimum atomic E-state index is -0.531. The quantitative estimate of drug-likeness (QED) is 0.457. The standard InChI is InChI=1S/C4H7N3O2S/c8-3-5-1-2-7(3)6-4(9)10/h1-2H2,(H,5,8)(H2,6,9,10). The Hall–Kier alpha value is -0.910. The molecule has 10 heavy (non-hydrogen) atoms. The van der Waals surface area contributed by atoms with Crippen LogP contribution in [-0.2, 0) is 0 Å². The van der Waals surface area contributed by atoms with Gasteiger partial charge in [-0.15, -0.1) is 0 Å². The fraction of sp³-hybridized carbons (Fsp3) is 0.500. The molecular formula is C4H7N3O2S. The van der Waals surface area contributed by atoms with Crippen molar-refractivity contribution in [3.05, 3.63) is 0 Å². The molecule has 0 aromatic carbocycles. The molecule has 0 aliphatic carbocycles. The molecule has 5 nitrogen and oxygen atoms in total. The number of hydrogen-bond acceptors (Lipinski definition) is 2. The second-order valence-corrected chi connectivity index (χ2v) is 2.21. The summed E-state index contributed by atoms with van der Waals surface area (Å²) in [4.78, 5) is 21.0. The average Bonchev–Trinajstić information content (AvgIpc) is 2.15. The molecule has 6 heteroatoms. The highest BCUT2D eigenvalue weighted by atomic mass is 32.1. The van der Waals surface area contributed by atoms with Crippen LogP contribution in [0, 0.1) is 0 Å². The van der Waals surface area contributed by atoms with E-state index in [0.29, 0.717) is 13.1 Å². The van der Waals surface area contributed by atoms with Gasteiger partial charge in [-0.2, -0.15) is 0 Å². The number of nitrogens with one attached hydrogen (secondary N) is 2. The monoisotopic (exact) mass is 161 g/mol. The van der Waals surface area contributed by atoms with Crippen LogP contribution in [0.1, 0.15) is 0 Å². The zero-order valence-electron chi connectivity index (χ0n) is 5.13. The van der Waals surface area contributed by atoms with Gasteiger partial charge in [0, 0.05) is 6.54 Å². The van der Waals surface area contributed by atoms with Crippen LogP contribution in [-0.4, -0.2) is 29.4 Å². The Morgan fingerprint density at radius 2 is 2.50 bits per heavy atom. The highest BCUT2D eigenvalue weighted by molar-refractivity contribution is 7.96. The molecule has 0 spiro atoms. The summed E-state index contributed by atoms with van der Waals surface area (Å²) >= 11 is 3.44. The van der Waals surface area contributed by atoms with E-state index in [4.69, 9.17) is 0 Å². The molecule has 3 amide bonds. The van der Waals surface area contributed by atoms with Crippen molar-refractivity contribution in [3.63, 3.8) is 0 Å². The fourth-order valence-electron chi connectivity index (χ4n) is 0.694. The smallest absolute Gasteiger partial charge is 0.335 e. The summed E-state index contributed by atoms with van der Waals surface area (Å²) in [6.07, 6.45) is 0. The second-order valence-electron chi connectivity index (χ2n) is 1.80. The van der Waals surface area contributed by atoms with Crippen molar-refractivity contribution in [3.8, 4) is 0 Å². The van der Waals surface area contributed by atoms with Gasteiger partial charge in [0.25, 0.3) is 5.24 Å². The number of carbonyl (C=O) groups excluding carboxylic acids is 2. The molecule has 1 fully saturated rings. The molecule has 1 saturated heterocycles. The van der Waals surface area contributed by atoms with Crippen LogP contribution in [0.5, 0.6) is 0 Å². The number of hydrazine groups is 1. The van der Waals surface area contributed by atoms with E-state index in [9.17, 15) is 9.59 Å². The van der Waals surface area contributed by atoms with Crippen molar-refractivity contribution in [2.24, 2.45) is 0 Å². The van der Waals surface area contributed by atoms with Crippen LogP contribution in [0.3, 0.4) is 0 Å². The number of hydrogen-bond donors (Lipinski definition) is 3. The fourth-order valence-corrected chi connectivity index (χ4v) is 0.814. The maximum atomic E-state index is 10.7. The molecule has 1 aliphatic rings. The average molecular weight is 161 g/mol. The van der Waals surface area contributed by atoms with Crippen LogP contribution >= 0.6 is 12.6 Å². The van der Waals surface area contributed by atoms with Gasteiger partial charge in [0.05, 0.1) is 6.54 Å². The molecule has 0 saturated carbocycles. The molecule has 0 aromatic heterocycles. The van der Waals surface area contributed by atoms with Crippen molar-refractivity contribution >= 4 is 23.9 Å². The van der Waals surface area contributed by atoms with Crippen LogP contribution < -0.4 is 10.7 Å². The van der Waals surface area contributed by atoms with Crippen LogP contribution in [0.25, 0.3) is 0 Å². The number of nitrogens with zero attached hydrogens (tertiary/aromatic N) is 1. The predicted octanol–water partition coefficient (Wildman–Crippen LogP) is -0.434. The number of rotatable bonds is 1. The van der Waals surface area contributed by atoms with E-state index in [1.54, 1.807) is 0 Å². The van der Waals surface area contributed by atoms with Crippen molar-refractivity contribution in [2.45, 2.75) is 0 Å². The lowest BCUT2D eigenvalue weighted by Gasteiger charge is -2.12. The lowest BCUT2D eigenvalue weighted by Crippen LogP contribution is -2.41. The molecule has 0 radical (unpaired) electrons. The Kier molecular flexibility index (Phi) is 2.00. The van der Waals surface area contributed by atoms with Gasteiger partial charge in [0.2, 0.25) is 0 Å². The molecule has 56 valence electrons. The summed E-state index contributed by atoms with van der Waals surface area (Å²) in [5.74, 6) is 0. The molecule has 1 aliphatic heterocycles. The summed E-state index contributed by atoms with van der Waals surface area (Å²) in [6.45, 7) is 1.05. The molecule has 0 aromatic rings. The number of amides is 3. The topological polar surface area (TPSA) is 61.4 Å². The van der Waals surface area contributed by atoms with Gasteiger partial charge in [-0.05, 0) is 0 Å². The number of urea groups is 1. The van der Waals surface area contributed by atoms with E-state index in [1.807, 2.05) is 0 Å². The first-order valence-electron chi connectivity index (χ1n) is 2.75. The van der Waals surface area contributed by atoms with Gasteiger partial charge < -0.3 is 5.32 Å². The Bertz CT molecular complexity index is 172. The van der Waals surface area contributed by atoms with Gasteiger partial charge in [0.1, 0.15) is 0 Å². The predicted molar refractivity (Wildman–Crippen MR) is 37.6 cm³/mol. The minimum absolute atomic E-state index is 0.289. The van der Waals surface area contributed by atoms with Gasteiger partial charge in [0.15, 0.2) is 0 Å². The highest BCUT2D eigenvalue weighted by Gasteiger charge is 2.19. The van der Waals surface area contributed by atoms with Crippen molar-refractivity contribution in [2.75, 3.05) is 13.1 Å². The van der Waals surface area contributed by atoms with E-state index in [2.05, 4.69) is 23.4 Å². The van der Waals surface area contributed by atoms with E-state index < -0.39 is 5.24 Å². The lowest BCUT2D eigenvalue weighted by atomic mass is 10.7. The first-order chi connectivity index (χ1) is 4.70. The summed E-state index contributed by atoms with van der Waals surface area (Å²) in [7, 11) is 0. The lowest BCUT2D eigenvalue weighted by molar-refractivity contribution is 0.195. The second kappa shape index (κ2) is 2.78. The van der Waals surface area contributed by atoms with Gasteiger partial charge in [-0.1, -0.05) is 12.6 Å². The Balaban J connectivity index is 2.40. The molecule has 0 atom stereocenters. The summed E-state index contributed by atoms with van der Waals surface area (Å²) in [5.41, 5.74) is 2.24. The van der Waals surface area contributed by atoms with E-state index in [1.165, 1.54) is 5.01 Å². The Morgan fingerprint density at radius 3 is 2.90 bits per heavy atom. The largest absolute Gasteiger partial charge is 0.336 e. The third-order valence-electron chi connectivity index (χ3n) is 1.09. The molecule has 1 heterocycles. The van der Waals surface area contributed by atoms with Crippen LogP contribution in [0.4, 0.5) is 9.59 Å². The van der Waals surface area contributed by atoms with Crippen molar-refractivity contribution < 1.29 is 9.59 Å². The zero-order valence-corrected chi connectivity index (χ0v) is 6.02. The van der Waals surface area contributed by atoms with Crippen molar-refractivity contribution in [1.29, 1.82) is 0 Å². The third-order valence-corrected chi connectivity index (χ3v) is 1.19. The van der Waals surface area contributed by atoms with Gasteiger partial charge >= 0.3 is 6.03 Å². The van der Waals surface area contributed by atoms with Gasteiger partial charge in [-0.25, -0.2) is 9.80 Å². The van der Waals surface area contributed by atoms with Crippen LogP contribution in [0.15, 0.2) is 0 Å². The summed E-state index contributed by atoms with van der Waals surface area (Å²) in [5, 5.41) is 3.16. The molecule has 1 rings (SSSR count). The highest BCUT2D eigenvalue weighted by Crippen LogP contribution is 1.92. The first-order valence-corrected chi connectivity index (χ1v) is 3.20. The van der Waals surface area contributed by atoms with Crippen LogP contribution in [0.2, 0.25) is 0 Å². The zero-order chi connectivity index (χ0) is 7.56. The molecule has 0 bridgehead atoms. The molecule has 2 N–H and O–H groups in total. The first kappa shape index (κ1) is 7.20. The molecular weight excluding hydrogens is 154 g/mol. The van der Waals surface area contributed by atoms with E-state index >= 15 is 0 Å². The van der Waals surface area contributed by atoms with E-state index in [-0.39, 0.29) is 6.03 Å². The maximum Gasteiger partial charge on any atom is 0.336 e. The minimum Gasteiger partial charge on any atom is -0.335 e. The summed E-state index contributed by atoms with van der Waals surface area (Å²) < 4.78 is 0. The van der Waals surface area contributed by atoms with Gasteiger partial charge in [-0.3, -0.25) is 10.2 Å². The number of carbonyl (C=O) groups is 2. The molecule has 0 unspecified atom stereocenters. The summed E-state index contributed by atoms with van der Waals surface area (Å²) in [6, 6.07) is -0.289. The number of thiol groups is 1. The third kappa shape index (κ3) is 1.53. The Morgan fingerprint density at radius 1 is 1.80 bits per heavy atom. The normalized spacial score (nSPS) is 16.9. The van der Waals surface area contributed by atoms with Crippen molar-refractivity contribution in [1.82, 2.24) is 15.8 Å². The van der Waals surface area contributed by atoms with E-state index in [0.717, 1.165) is 0 Å². The Labute approximate surface area is 63.1 Å². The SMILES string of the molecule is O=C(S)NN1CCNC1=O.